The van der Waals surface area contributed by atoms with E-state index in [1.165, 1.54) is 5.56 Å². The highest BCUT2D eigenvalue weighted by molar-refractivity contribution is 6.42. The first-order valence-electron chi connectivity index (χ1n) is 7.36. The number of aromatic nitrogens is 1. The maximum atomic E-state index is 12.2. The number of nitrogens with zero attached hydrogens (tertiary/aromatic N) is 1. The van der Waals surface area contributed by atoms with Gasteiger partial charge in [-0.1, -0.05) is 35.3 Å². The fourth-order valence-corrected chi connectivity index (χ4v) is 2.58. The number of hydrogen-bond donors (Lipinski definition) is 1. The summed E-state index contributed by atoms with van der Waals surface area (Å²) >= 11 is 11.8. The molecule has 1 amide bonds. The van der Waals surface area contributed by atoms with Crippen molar-refractivity contribution in [3.8, 4) is 0 Å². The van der Waals surface area contributed by atoms with E-state index < -0.39 is 0 Å². The van der Waals surface area contributed by atoms with Gasteiger partial charge in [-0.15, -0.1) is 0 Å². The molecule has 5 heteroatoms. The maximum Gasteiger partial charge on any atom is 0.255 e. The van der Waals surface area contributed by atoms with Gasteiger partial charge in [-0.3, -0.25) is 9.78 Å². The Balaban J connectivity index is 1.67. The van der Waals surface area contributed by atoms with Crippen LogP contribution in [0.5, 0.6) is 0 Å². The van der Waals surface area contributed by atoms with Crippen molar-refractivity contribution in [3.63, 3.8) is 0 Å². The van der Waals surface area contributed by atoms with Crippen LogP contribution in [0.3, 0.4) is 0 Å². The van der Waals surface area contributed by atoms with E-state index in [2.05, 4.69) is 10.3 Å². The van der Waals surface area contributed by atoms with Crippen LogP contribution in [-0.4, -0.2) is 10.9 Å². The van der Waals surface area contributed by atoms with Crippen LogP contribution in [0.15, 0.2) is 67.0 Å². The number of carbonyl (C=O) groups excluding carboxylic acids is 1. The van der Waals surface area contributed by atoms with Gasteiger partial charge < -0.3 is 5.32 Å². The van der Waals surface area contributed by atoms with Gasteiger partial charge in [0.25, 0.3) is 5.91 Å². The minimum atomic E-state index is -0.226. The molecule has 0 saturated carbocycles. The Morgan fingerprint density at radius 1 is 0.875 bits per heavy atom. The van der Waals surface area contributed by atoms with Gasteiger partial charge in [0.1, 0.15) is 0 Å². The van der Waals surface area contributed by atoms with Crippen molar-refractivity contribution in [2.24, 2.45) is 0 Å². The summed E-state index contributed by atoms with van der Waals surface area (Å²) in [6, 6.07) is 16.5. The highest BCUT2D eigenvalue weighted by Crippen LogP contribution is 2.23. The predicted molar refractivity (Wildman–Crippen MR) is 97.9 cm³/mol. The van der Waals surface area contributed by atoms with E-state index in [0.717, 1.165) is 17.7 Å². The normalized spacial score (nSPS) is 10.4. The third-order valence-corrected chi connectivity index (χ3v) is 4.29. The second-order valence-corrected chi connectivity index (χ2v) is 6.13. The van der Waals surface area contributed by atoms with Gasteiger partial charge in [0.05, 0.1) is 10.0 Å². The summed E-state index contributed by atoms with van der Waals surface area (Å²) in [6.07, 6.45) is 4.38. The Hall–Kier alpha value is -2.36. The molecular weight excluding hydrogens is 343 g/mol. The molecule has 1 N–H and O–H groups in total. The van der Waals surface area contributed by atoms with Crippen LogP contribution in [0.2, 0.25) is 10.0 Å². The second kappa shape index (κ2) is 7.47. The van der Waals surface area contributed by atoms with Crippen LogP contribution >= 0.6 is 23.2 Å². The molecule has 3 nitrogen and oxygen atoms in total. The number of pyridine rings is 1. The molecule has 24 heavy (non-hydrogen) atoms. The Morgan fingerprint density at radius 3 is 2.21 bits per heavy atom. The molecule has 3 aromatic rings. The van der Waals surface area contributed by atoms with Gasteiger partial charge in [0.2, 0.25) is 0 Å². The van der Waals surface area contributed by atoms with Crippen molar-refractivity contribution in [1.82, 2.24) is 4.98 Å². The molecule has 3 rings (SSSR count). The molecule has 0 atom stereocenters. The quantitative estimate of drug-likeness (QED) is 0.695. The topological polar surface area (TPSA) is 42.0 Å². The Bertz CT molecular complexity index is 849. The summed E-state index contributed by atoms with van der Waals surface area (Å²) in [6.45, 7) is 0. The van der Waals surface area contributed by atoms with Gasteiger partial charge in [-0.05, 0) is 60.0 Å². The number of hydrogen-bond acceptors (Lipinski definition) is 2. The van der Waals surface area contributed by atoms with Crippen LogP contribution in [0.4, 0.5) is 5.69 Å². The third kappa shape index (κ3) is 4.13. The number of carbonyl (C=O) groups is 1. The van der Waals surface area contributed by atoms with Crippen molar-refractivity contribution in [2.45, 2.75) is 6.42 Å². The molecule has 0 unspecified atom stereocenters. The SMILES string of the molecule is O=C(Nc1ccc(Cc2ccncc2)cc1)c1ccc(Cl)c(Cl)c1. The lowest BCUT2D eigenvalue weighted by molar-refractivity contribution is 0.102. The van der Waals surface area contributed by atoms with E-state index in [1.807, 2.05) is 36.4 Å². The first-order chi connectivity index (χ1) is 11.6. The average molecular weight is 357 g/mol. The Morgan fingerprint density at radius 2 is 1.54 bits per heavy atom. The number of halogens is 2. The molecule has 0 saturated heterocycles. The largest absolute Gasteiger partial charge is 0.322 e. The van der Waals surface area contributed by atoms with Crippen LogP contribution in [-0.2, 0) is 6.42 Å². The van der Waals surface area contributed by atoms with Crippen molar-refractivity contribution in [2.75, 3.05) is 5.32 Å². The van der Waals surface area contributed by atoms with E-state index in [1.54, 1.807) is 30.6 Å². The monoisotopic (exact) mass is 356 g/mol. The number of amides is 1. The molecule has 0 aliphatic rings. The van der Waals surface area contributed by atoms with Gasteiger partial charge in [-0.2, -0.15) is 0 Å². The first-order valence-corrected chi connectivity index (χ1v) is 8.11. The minimum Gasteiger partial charge on any atom is -0.322 e. The number of rotatable bonds is 4. The Labute approximate surface area is 150 Å². The molecule has 0 aliphatic heterocycles. The summed E-state index contributed by atoms with van der Waals surface area (Å²) in [4.78, 5) is 16.2. The molecule has 0 aliphatic carbocycles. The fourth-order valence-electron chi connectivity index (χ4n) is 2.28. The zero-order chi connectivity index (χ0) is 16.9. The lowest BCUT2D eigenvalue weighted by Crippen LogP contribution is -2.11. The van der Waals surface area contributed by atoms with E-state index in [-0.39, 0.29) is 5.91 Å². The van der Waals surface area contributed by atoms with E-state index in [0.29, 0.717) is 15.6 Å². The van der Waals surface area contributed by atoms with Crippen LogP contribution in [0.1, 0.15) is 21.5 Å². The average Bonchev–Trinajstić information content (AvgIpc) is 2.60. The van der Waals surface area contributed by atoms with Crippen LogP contribution in [0.25, 0.3) is 0 Å². The highest BCUT2D eigenvalue weighted by atomic mass is 35.5. The molecule has 0 fully saturated rings. The third-order valence-electron chi connectivity index (χ3n) is 3.55. The first kappa shape index (κ1) is 16.5. The summed E-state index contributed by atoms with van der Waals surface area (Å²) in [7, 11) is 0. The van der Waals surface area contributed by atoms with Crippen LogP contribution < -0.4 is 5.32 Å². The van der Waals surface area contributed by atoms with E-state index >= 15 is 0 Å². The molecule has 0 bridgehead atoms. The molecular formula is C19H14Cl2N2O. The van der Waals surface area contributed by atoms with E-state index in [4.69, 9.17) is 23.2 Å². The Kier molecular flexibility index (Phi) is 5.14. The van der Waals surface area contributed by atoms with Crippen molar-refractivity contribution < 1.29 is 4.79 Å². The highest BCUT2D eigenvalue weighted by Gasteiger charge is 2.08. The zero-order valence-electron chi connectivity index (χ0n) is 12.7. The number of nitrogens with one attached hydrogen (secondary N) is 1. The van der Waals surface area contributed by atoms with Crippen LogP contribution in [0, 0.1) is 0 Å². The molecule has 1 aromatic heterocycles. The fraction of sp³-hybridized carbons (Fsp3) is 0.0526. The van der Waals surface area contributed by atoms with Gasteiger partial charge in [0.15, 0.2) is 0 Å². The summed E-state index contributed by atoms with van der Waals surface area (Å²) in [5.74, 6) is -0.226. The number of benzene rings is 2. The molecule has 120 valence electrons. The standard InChI is InChI=1S/C19H14Cl2N2O/c20-17-6-3-15(12-18(17)21)19(24)23-16-4-1-13(2-5-16)11-14-7-9-22-10-8-14/h1-10,12H,11H2,(H,23,24). The van der Waals surface area contributed by atoms with Gasteiger partial charge in [0, 0.05) is 23.6 Å². The molecule has 0 spiro atoms. The molecule has 0 radical (unpaired) electrons. The van der Waals surface area contributed by atoms with Crippen molar-refractivity contribution in [3.05, 3.63) is 93.7 Å². The minimum absolute atomic E-state index is 0.226. The summed E-state index contributed by atoms with van der Waals surface area (Å²) < 4.78 is 0. The lowest BCUT2D eigenvalue weighted by atomic mass is 10.1. The maximum absolute atomic E-state index is 12.2. The smallest absolute Gasteiger partial charge is 0.255 e. The molecule has 1 heterocycles. The van der Waals surface area contributed by atoms with Gasteiger partial charge >= 0.3 is 0 Å². The second-order valence-electron chi connectivity index (χ2n) is 5.31. The van der Waals surface area contributed by atoms with Crippen molar-refractivity contribution in [1.29, 1.82) is 0 Å². The predicted octanol–water partition coefficient (Wildman–Crippen LogP) is 5.23. The lowest BCUT2D eigenvalue weighted by Gasteiger charge is -2.08. The zero-order valence-corrected chi connectivity index (χ0v) is 14.2. The van der Waals surface area contributed by atoms with Gasteiger partial charge in [-0.25, -0.2) is 0 Å². The van der Waals surface area contributed by atoms with E-state index in [9.17, 15) is 4.79 Å². The summed E-state index contributed by atoms with van der Waals surface area (Å²) in [5, 5.41) is 3.63. The molecule has 2 aromatic carbocycles. The number of anilines is 1. The van der Waals surface area contributed by atoms with Crippen molar-refractivity contribution >= 4 is 34.8 Å². The summed E-state index contributed by atoms with van der Waals surface area (Å²) in [5.41, 5.74) is 3.54.